The molecule has 0 spiro atoms. The van der Waals surface area contributed by atoms with Crippen LogP contribution in [0.25, 0.3) is 0 Å². The molecule has 2 heterocycles. The molecule has 0 aliphatic carbocycles. The number of aliphatic hydroxyl groups is 1. The molecule has 1 aliphatic heterocycles. The van der Waals surface area contributed by atoms with Crippen molar-refractivity contribution in [1.82, 2.24) is 15.4 Å². The second-order valence-corrected chi connectivity index (χ2v) is 7.03. The van der Waals surface area contributed by atoms with Gasteiger partial charge in [-0.15, -0.1) is 0 Å². The average Bonchev–Trinajstić information content (AvgIpc) is 3.25. The van der Waals surface area contributed by atoms with Crippen LogP contribution in [-0.2, 0) is 22.6 Å². The van der Waals surface area contributed by atoms with Gasteiger partial charge in [0.25, 0.3) is 0 Å². The molecule has 8 heteroatoms. The van der Waals surface area contributed by atoms with Crippen molar-refractivity contribution in [2.24, 2.45) is 0 Å². The number of hydrogen-bond acceptors (Lipinski definition) is 6. The number of ketones is 1. The maximum Gasteiger partial charge on any atom is 0.243 e. The van der Waals surface area contributed by atoms with Gasteiger partial charge in [0.05, 0.1) is 18.2 Å². The van der Waals surface area contributed by atoms with Gasteiger partial charge in [-0.05, 0) is 19.4 Å². The Balaban J connectivity index is 1.60. The minimum absolute atomic E-state index is 0.0101. The van der Waals surface area contributed by atoms with E-state index in [1.54, 1.807) is 37.3 Å². The van der Waals surface area contributed by atoms with Crippen LogP contribution in [-0.4, -0.2) is 51.5 Å². The number of nitrogens with zero attached hydrogens (tertiary/aromatic N) is 2. The Morgan fingerprint density at radius 2 is 2.00 bits per heavy atom. The summed E-state index contributed by atoms with van der Waals surface area (Å²) < 4.78 is 5.06. The Hall–Kier alpha value is -3.00. The number of carbonyl (C=O) groups is 3. The summed E-state index contributed by atoms with van der Waals surface area (Å²) in [5.41, 5.74) is 2.12. The SMILES string of the molecule is CC(=O)c1ccc(CNC(=O)C2CC(O)CN2C(=O)Cc2cc(C)no2)cc1. The number of Topliss-reactive ketones (excluding diaryl/α,β-unsaturated/α-hetero) is 1. The highest BCUT2D eigenvalue weighted by atomic mass is 16.5. The van der Waals surface area contributed by atoms with E-state index in [1.165, 1.54) is 11.8 Å². The van der Waals surface area contributed by atoms with Gasteiger partial charge < -0.3 is 19.8 Å². The summed E-state index contributed by atoms with van der Waals surface area (Å²) in [7, 11) is 0. The van der Waals surface area contributed by atoms with Crippen molar-refractivity contribution in [3.63, 3.8) is 0 Å². The summed E-state index contributed by atoms with van der Waals surface area (Å²) in [6.45, 7) is 3.63. The standard InChI is InChI=1S/C20H23N3O5/c1-12-7-17(28-22-12)9-19(26)23-11-16(25)8-18(23)20(27)21-10-14-3-5-15(6-4-14)13(2)24/h3-7,16,18,25H,8-11H2,1-2H3,(H,21,27). The first-order valence-corrected chi connectivity index (χ1v) is 9.11. The highest BCUT2D eigenvalue weighted by Crippen LogP contribution is 2.20. The fraction of sp³-hybridized carbons (Fsp3) is 0.400. The second-order valence-electron chi connectivity index (χ2n) is 7.03. The van der Waals surface area contributed by atoms with Crippen molar-refractivity contribution in [3.8, 4) is 0 Å². The van der Waals surface area contributed by atoms with Gasteiger partial charge in [0, 0.05) is 31.1 Å². The number of β-amino-alcohol motifs (C(OH)–C–C–N with tert-alkyl or cyclic N) is 1. The summed E-state index contributed by atoms with van der Waals surface area (Å²) in [6, 6.07) is 7.90. The van der Waals surface area contributed by atoms with Crippen molar-refractivity contribution >= 4 is 17.6 Å². The highest BCUT2D eigenvalue weighted by Gasteiger charge is 2.38. The minimum Gasteiger partial charge on any atom is -0.391 e. The topological polar surface area (TPSA) is 113 Å². The molecule has 0 saturated carbocycles. The number of aromatic nitrogens is 1. The average molecular weight is 385 g/mol. The quantitative estimate of drug-likeness (QED) is 0.718. The number of likely N-dealkylation sites (tertiary alicyclic amines) is 1. The molecular formula is C20H23N3O5. The van der Waals surface area contributed by atoms with Gasteiger partial charge in [-0.1, -0.05) is 29.4 Å². The monoisotopic (exact) mass is 385 g/mol. The molecule has 2 amide bonds. The van der Waals surface area contributed by atoms with Crippen LogP contribution in [0.4, 0.5) is 0 Å². The zero-order valence-corrected chi connectivity index (χ0v) is 15.8. The van der Waals surface area contributed by atoms with Crippen LogP contribution >= 0.6 is 0 Å². The third-order valence-corrected chi connectivity index (χ3v) is 4.73. The smallest absolute Gasteiger partial charge is 0.243 e. The third kappa shape index (κ3) is 4.64. The molecule has 0 radical (unpaired) electrons. The number of hydrogen-bond donors (Lipinski definition) is 2. The third-order valence-electron chi connectivity index (χ3n) is 4.73. The van der Waals surface area contributed by atoms with Crippen LogP contribution in [0, 0.1) is 6.92 Å². The van der Waals surface area contributed by atoms with Crippen LogP contribution in [0.15, 0.2) is 34.9 Å². The first-order valence-electron chi connectivity index (χ1n) is 9.11. The van der Waals surface area contributed by atoms with E-state index in [9.17, 15) is 19.5 Å². The van der Waals surface area contributed by atoms with Gasteiger partial charge in [0.2, 0.25) is 11.8 Å². The fourth-order valence-corrected chi connectivity index (χ4v) is 3.25. The van der Waals surface area contributed by atoms with Crippen molar-refractivity contribution < 1.29 is 24.0 Å². The van der Waals surface area contributed by atoms with Crippen molar-refractivity contribution in [3.05, 3.63) is 52.9 Å². The van der Waals surface area contributed by atoms with Crippen molar-refractivity contribution in [2.45, 2.75) is 45.4 Å². The number of amides is 2. The lowest BCUT2D eigenvalue weighted by molar-refractivity contribution is -0.138. The zero-order valence-electron chi connectivity index (χ0n) is 15.8. The van der Waals surface area contributed by atoms with Crippen molar-refractivity contribution in [1.29, 1.82) is 0 Å². The summed E-state index contributed by atoms with van der Waals surface area (Å²) in [5.74, 6) is -0.215. The molecule has 2 unspecified atom stereocenters. The molecule has 1 aliphatic rings. The van der Waals surface area contributed by atoms with Crippen LogP contribution in [0.5, 0.6) is 0 Å². The van der Waals surface area contributed by atoms with E-state index in [1.807, 2.05) is 0 Å². The van der Waals surface area contributed by atoms with E-state index in [0.717, 1.165) is 5.56 Å². The maximum absolute atomic E-state index is 12.6. The number of benzene rings is 1. The second kappa shape index (κ2) is 8.35. The fourth-order valence-electron chi connectivity index (χ4n) is 3.25. The summed E-state index contributed by atoms with van der Waals surface area (Å²) in [5, 5.41) is 16.5. The molecule has 2 N–H and O–H groups in total. The molecule has 28 heavy (non-hydrogen) atoms. The van der Waals surface area contributed by atoms with E-state index in [4.69, 9.17) is 4.52 Å². The number of aryl methyl sites for hydroxylation is 1. The van der Waals surface area contributed by atoms with Crippen LogP contribution in [0.1, 0.15) is 40.7 Å². The Morgan fingerprint density at radius 3 is 2.61 bits per heavy atom. The lowest BCUT2D eigenvalue weighted by Gasteiger charge is -2.23. The highest BCUT2D eigenvalue weighted by molar-refractivity contribution is 5.94. The Kier molecular flexibility index (Phi) is 5.89. The largest absolute Gasteiger partial charge is 0.391 e. The van der Waals surface area contributed by atoms with E-state index in [0.29, 0.717) is 17.0 Å². The van der Waals surface area contributed by atoms with Gasteiger partial charge in [0.15, 0.2) is 5.78 Å². The van der Waals surface area contributed by atoms with Gasteiger partial charge in [-0.3, -0.25) is 14.4 Å². The molecule has 1 aromatic carbocycles. The first-order chi connectivity index (χ1) is 13.3. The van der Waals surface area contributed by atoms with E-state index < -0.39 is 12.1 Å². The van der Waals surface area contributed by atoms with Gasteiger partial charge in [-0.2, -0.15) is 0 Å². The normalized spacial score (nSPS) is 18.9. The van der Waals surface area contributed by atoms with Crippen LogP contribution in [0.3, 0.4) is 0 Å². The Morgan fingerprint density at radius 1 is 1.29 bits per heavy atom. The maximum atomic E-state index is 12.6. The molecule has 2 aromatic rings. The predicted octanol–water partition coefficient (Wildman–Crippen LogP) is 1.01. The summed E-state index contributed by atoms with van der Waals surface area (Å²) >= 11 is 0. The molecule has 148 valence electrons. The Bertz CT molecular complexity index is 874. The van der Waals surface area contributed by atoms with E-state index >= 15 is 0 Å². The Labute approximate surface area is 162 Å². The predicted molar refractivity (Wildman–Crippen MR) is 99.4 cm³/mol. The molecule has 1 aromatic heterocycles. The molecule has 0 bridgehead atoms. The van der Waals surface area contributed by atoms with E-state index in [2.05, 4.69) is 10.5 Å². The van der Waals surface area contributed by atoms with Gasteiger partial charge >= 0.3 is 0 Å². The number of aliphatic hydroxyl groups excluding tert-OH is 1. The van der Waals surface area contributed by atoms with Crippen LogP contribution < -0.4 is 5.32 Å². The minimum atomic E-state index is -0.744. The summed E-state index contributed by atoms with van der Waals surface area (Å²) in [4.78, 5) is 37.9. The summed E-state index contributed by atoms with van der Waals surface area (Å²) in [6.07, 6.45) is -0.564. The van der Waals surface area contributed by atoms with Gasteiger partial charge in [0.1, 0.15) is 11.8 Å². The molecule has 2 atom stereocenters. The molecular weight excluding hydrogens is 362 g/mol. The molecule has 8 nitrogen and oxygen atoms in total. The van der Waals surface area contributed by atoms with E-state index in [-0.39, 0.29) is 43.5 Å². The molecule has 3 rings (SSSR count). The number of carbonyl (C=O) groups excluding carboxylic acids is 3. The lowest BCUT2D eigenvalue weighted by atomic mass is 10.1. The lowest BCUT2D eigenvalue weighted by Crippen LogP contribution is -2.46. The number of rotatable bonds is 6. The van der Waals surface area contributed by atoms with Gasteiger partial charge in [-0.25, -0.2) is 0 Å². The zero-order chi connectivity index (χ0) is 20.3. The van der Waals surface area contributed by atoms with Crippen molar-refractivity contribution in [2.75, 3.05) is 6.54 Å². The molecule has 1 fully saturated rings. The van der Waals surface area contributed by atoms with Crippen LogP contribution in [0.2, 0.25) is 0 Å². The number of nitrogens with one attached hydrogen (secondary N) is 1. The first kappa shape index (κ1) is 19.8. The molecule has 1 saturated heterocycles.